The van der Waals surface area contributed by atoms with Crippen molar-refractivity contribution in [3.63, 3.8) is 0 Å². The molecule has 0 aliphatic heterocycles. The van der Waals surface area contributed by atoms with Crippen LogP contribution in [0.25, 0.3) is 11.3 Å². The summed E-state index contributed by atoms with van der Waals surface area (Å²) in [4.78, 5) is 4.73. The van der Waals surface area contributed by atoms with Crippen LogP contribution in [0.3, 0.4) is 0 Å². The molecule has 0 saturated heterocycles. The number of nitrogens with zero attached hydrogens (tertiary/aromatic N) is 3. The van der Waals surface area contributed by atoms with Gasteiger partial charge in [0, 0.05) is 18.5 Å². The van der Waals surface area contributed by atoms with Crippen LogP contribution in [0, 0.1) is 17.2 Å². The van der Waals surface area contributed by atoms with Gasteiger partial charge in [-0.3, -0.25) is 0 Å². The van der Waals surface area contributed by atoms with Gasteiger partial charge in [-0.05, 0) is 24.5 Å². The molecule has 0 radical (unpaired) electrons. The van der Waals surface area contributed by atoms with Crippen LogP contribution in [0.2, 0.25) is 0 Å². The maximum Gasteiger partial charge on any atom is 0.131 e. The lowest BCUT2D eigenvalue weighted by Crippen LogP contribution is -2.11. The fourth-order valence-electron chi connectivity index (χ4n) is 2.45. The molecular weight excluding hydrogens is 260 g/mol. The molecule has 2 N–H and O–H groups in total. The fourth-order valence-corrected chi connectivity index (χ4v) is 2.45. The van der Waals surface area contributed by atoms with Crippen LogP contribution in [0.15, 0.2) is 24.3 Å². The molecule has 0 amide bonds. The molecule has 0 aliphatic carbocycles. The first kappa shape index (κ1) is 15.1. The van der Waals surface area contributed by atoms with Crippen LogP contribution < -0.4 is 5.73 Å². The number of aryl methyl sites for hydroxylation is 1. The molecule has 21 heavy (non-hydrogen) atoms. The van der Waals surface area contributed by atoms with E-state index in [2.05, 4.69) is 31.4 Å². The average molecular weight is 282 g/mol. The Morgan fingerprint density at radius 2 is 2.14 bits per heavy atom. The van der Waals surface area contributed by atoms with Crippen LogP contribution in [0.1, 0.15) is 38.6 Å². The predicted molar refractivity (Wildman–Crippen MR) is 85.6 cm³/mol. The Hall–Kier alpha value is -2.28. The van der Waals surface area contributed by atoms with E-state index in [1.165, 1.54) is 0 Å². The third kappa shape index (κ3) is 3.25. The smallest absolute Gasteiger partial charge is 0.131 e. The largest absolute Gasteiger partial charge is 0.383 e. The topological polar surface area (TPSA) is 67.6 Å². The normalized spacial score (nSPS) is 10.8. The van der Waals surface area contributed by atoms with E-state index in [4.69, 9.17) is 16.0 Å². The number of hydrogen-bond donors (Lipinski definition) is 1. The molecular formula is C17H22N4. The van der Waals surface area contributed by atoms with Crippen molar-refractivity contribution < 1.29 is 0 Å². The van der Waals surface area contributed by atoms with Crippen molar-refractivity contribution in [1.82, 2.24) is 9.55 Å². The number of benzene rings is 1. The van der Waals surface area contributed by atoms with E-state index in [9.17, 15) is 0 Å². The summed E-state index contributed by atoms with van der Waals surface area (Å²) in [7, 11) is 0. The van der Waals surface area contributed by atoms with E-state index in [0.29, 0.717) is 17.3 Å². The number of anilines is 1. The van der Waals surface area contributed by atoms with Gasteiger partial charge in [0.05, 0.1) is 11.6 Å². The lowest BCUT2D eigenvalue weighted by molar-refractivity contribution is 0.510. The Morgan fingerprint density at radius 1 is 1.38 bits per heavy atom. The number of hydrogen-bond acceptors (Lipinski definition) is 3. The number of nitrogens with two attached hydrogens (primary N) is 1. The second kappa shape index (κ2) is 6.45. The maximum atomic E-state index is 9.03. The van der Waals surface area contributed by atoms with Crippen molar-refractivity contribution in [2.45, 2.75) is 40.2 Å². The van der Waals surface area contributed by atoms with Gasteiger partial charge in [-0.1, -0.05) is 32.9 Å². The van der Waals surface area contributed by atoms with E-state index < -0.39 is 0 Å². The van der Waals surface area contributed by atoms with Gasteiger partial charge < -0.3 is 10.3 Å². The van der Waals surface area contributed by atoms with E-state index in [-0.39, 0.29) is 0 Å². The highest BCUT2D eigenvalue weighted by Crippen LogP contribution is 2.28. The summed E-state index contributed by atoms with van der Waals surface area (Å²) in [5.41, 5.74) is 8.65. The zero-order valence-corrected chi connectivity index (χ0v) is 12.9. The summed E-state index contributed by atoms with van der Waals surface area (Å²) in [6.07, 6.45) is 1.95. The molecule has 2 rings (SSSR count). The van der Waals surface area contributed by atoms with Crippen molar-refractivity contribution in [3.8, 4) is 17.3 Å². The zero-order valence-electron chi connectivity index (χ0n) is 12.9. The minimum absolute atomic E-state index is 0.510. The summed E-state index contributed by atoms with van der Waals surface area (Å²) in [5.74, 6) is 2.23. The Kier molecular flexibility index (Phi) is 4.64. The maximum absolute atomic E-state index is 9.03. The van der Waals surface area contributed by atoms with Gasteiger partial charge in [-0.15, -0.1) is 0 Å². The van der Waals surface area contributed by atoms with Crippen molar-refractivity contribution in [1.29, 1.82) is 5.26 Å². The minimum Gasteiger partial charge on any atom is -0.383 e. The summed E-state index contributed by atoms with van der Waals surface area (Å²) in [5, 5.41) is 9.03. The standard InChI is InChI=1S/C17H22N4/c1-4-6-15-20-16(17(19)21(15)11-12(2)3)14-8-5-7-13(9-14)10-18/h5,7-9,12H,4,6,11,19H2,1-3H3. The molecule has 0 unspecified atom stereocenters. The van der Waals surface area contributed by atoms with Crippen LogP contribution in [0.5, 0.6) is 0 Å². The Morgan fingerprint density at radius 3 is 2.76 bits per heavy atom. The van der Waals surface area contributed by atoms with E-state index in [1.54, 1.807) is 6.07 Å². The fraction of sp³-hybridized carbons (Fsp3) is 0.412. The van der Waals surface area contributed by atoms with Crippen LogP contribution in [-0.2, 0) is 13.0 Å². The highest BCUT2D eigenvalue weighted by Gasteiger charge is 2.16. The average Bonchev–Trinajstić information content (AvgIpc) is 2.76. The molecule has 1 aromatic carbocycles. The molecule has 110 valence electrons. The van der Waals surface area contributed by atoms with Gasteiger partial charge in [0.25, 0.3) is 0 Å². The van der Waals surface area contributed by atoms with Gasteiger partial charge in [0.2, 0.25) is 0 Å². The molecule has 0 spiro atoms. The molecule has 0 fully saturated rings. The number of nitriles is 1. The third-order valence-corrected chi connectivity index (χ3v) is 3.37. The van der Waals surface area contributed by atoms with Gasteiger partial charge >= 0.3 is 0 Å². The quantitative estimate of drug-likeness (QED) is 0.910. The lowest BCUT2D eigenvalue weighted by atomic mass is 10.1. The lowest BCUT2D eigenvalue weighted by Gasteiger charge is -2.11. The Bertz CT molecular complexity index is 662. The first-order chi connectivity index (χ1) is 10.1. The minimum atomic E-state index is 0.510. The molecule has 1 heterocycles. The predicted octanol–water partition coefficient (Wildman–Crippen LogP) is 3.61. The second-order valence-electron chi connectivity index (χ2n) is 5.71. The Balaban J connectivity index is 2.51. The molecule has 0 aliphatic rings. The van der Waals surface area contributed by atoms with Crippen LogP contribution in [-0.4, -0.2) is 9.55 Å². The van der Waals surface area contributed by atoms with Crippen molar-refractivity contribution >= 4 is 5.82 Å². The zero-order chi connectivity index (χ0) is 15.4. The van der Waals surface area contributed by atoms with Gasteiger partial charge in [-0.25, -0.2) is 4.98 Å². The highest BCUT2D eigenvalue weighted by atomic mass is 15.1. The molecule has 0 bridgehead atoms. The van der Waals surface area contributed by atoms with Gasteiger partial charge in [0.15, 0.2) is 0 Å². The number of rotatable bonds is 5. The first-order valence-corrected chi connectivity index (χ1v) is 7.42. The molecule has 1 aromatic heterocycles. The Labute approximate surface area is 126 Å². The molecule has 0 saturated carbocycles. The highest BCUT2D eigenvalue weighted by molar-refractivity contribution is 5.72. The number of aromatic nitrogens is 2. The monoisotopic (exact) mass is 282 g/mol. The van der Waals surface area contributed by atoms with Crippen LogP contribution >= 0.6 is 0 Å². The number of nitrogen functional groups attached to an aromatic ring is 1. The number of imidazole rings is 1. The molecule has 0 atom stereocenters. The summed E-state index contributed by atoms with van der Waals surface area (Å²) < 4.78 is 2.11. The van der Waals surface area contributed by atoms with Crippen molar-refractivity contribution in [3.05, 3.63) is 35.7 Å². The van der Waals surface area contributed by atoms with Gasteiger partial charge in [0.1, 0.15) is 17.3 Å². The van der Waals surface area contributed by atoms with Crippen LogP contribution in [0.4, 0.5) is 5.82 Å². The van der Waals surface area contributed by atoms with Gasteiger partial charge in [-0.2, -0.15) is 5.26 Å². The third-order valence-electron chi connectivity index (χ3n) is 3.37. The molecule has 4 heteroatoms. The summed E-state index contributed by atoms with van der Waals surface area (Å²) in [6.45, 7) is 7.35. The SMILES string of the molecule is CCCc1nc(-c2cccc(C#N)c2)c(N)n1CC(C)C. The summed E-state index contributed by atoms with van der Waals surface area (Å²) >= 11 is 0. The summed E-state index contributed by atoms with van der Waals surface area (Å²) in [6, 6.07) is 9.61. The van der Waals surface area contributed by atoms with Crippen molar-refractivity contribution in [2.24, 2.45) is 5.92 Å². The van der Waals surface area contributed by atoms with E-state index in [0.717, 1.165) is 36.5 Å². The van der Waals surface area contributed by atoms with Crippen molar-refractivity contribution in [2.75, 3.05) is 5.73 Å². The van der Waals surface area contributed by atoms with E-state index >= 15 is 0 Å². The molecule has 2 aromatic rings. The molecule has 4 nitrogen and oxygen atoms in total. The second-order valence-corrected chi connectivity index (χ2v) is 5.71. The van der Waals surface area contributed by atoms with E-state index in [1.807, 2.05) is 18.2 Å². The first-order valence-electron chi connectivity index (χ1n) is 7.42.